The van der Waals surface area contributed by atoms with Crippen LogP contribution in [0.15, 0.2) is 17.5 Å². The van der Waals surface area contributed by atoms with Gasteiger partial charge in [-0.2, -0.15) is 0 Å². The highest BCUT2D eigenvalue weighted by atomic mass is 32.1. The normalized spacial score (nSPS) is 25.0. The molecule has 2 N–H and O–H groups in total. The Balaban J connectivity index is 2.04. The molecule has 2 rings (SSSR count). The summed E-state index contributed by atoms with van der Waals surface area (Å²) >= 11 is 1.64. The number of carbonyl (C=O) groups is 1. The van der Waals surface area contributed by atoms with E-state index in [0.29, 0.717) is 13.0 Å². The maximum absolute atomic E-state index is 12.2. The highest BCUT2D eigenvalue weighted by Gasteiger charge is 2.38. The summed E-state index contributed by atoms with van der Waals surface area (Å²) < 4.78 is 0. The van der Waals surface area contributed by atoms with Crippen molar-refractivity contribution in [3.05, 3.63) is 22.4 Å². The molecule has 1 unspecified atom stereocenters. The van der Waals surface area contributed by atoms with Gasteiger partial charge in [0.15, 0.2) is 0 Å². The summed E-state index contributed by atoms with van der Waals surface area (Å²) in [6, 6.07) is 4.00. The van der Waals surface area contributed by atoms with Crippen molar-refractivity contribution >= 4 is 17.2 Å². The average molecular weight is 238 g/mol. The third-order valence-corrected chi connectivity index (χ3v) is 4.27. The largest absolute Gasteiger partial charge is 0.336 e. The van der Waals surface area contributed by atoms with Crippen LogP contribution in [0.5, 0.6) is 0 Å². The van der Waals surface area contributed by atoms with Gasteiger partial charge in [0.25, 0.3) is 0 Å². The van der Waals surface area contributed by atoms with Gasteiger partial charge in [-0.15, -0.1) is 11.3 Å². The van der Waals surface area contributed by atoms with Gasteiger partial charge < -0.3 is 10.6 Å². The van der Waals surface area contributed by atoms with Crippen molar-refractivity contribution in [2.45, 2.75) is 31.7 Å². The number of likely N-dealkylation sites (tertiary alicyclic amines) is 1. The monoisotopic (exact) mass is 238 g/mol. The molecule has 0 aliphatic carbocycles. The lowest BCUT2D eigenvalue weighted by Gasteiger charge is -2.34. The molecule has 0 radical (unpaired) electrons. The first-order valence-corrected chi connectivity index (χ1v) is 6.56. The molecule has 0 bridgehead atoms. The third kappa shape index (κ3) is 2.13. The maximum atomic E-state index is 12.2. The minimum absolute atomic E-state index is 0.117. The van der Waals surface area contributed by atoms with Crippen molar-refractivity contribution in [1.29, 1.82) is 0 Å². The fraction of sp³-hybridized carbons (Fsp3) is 0.583. The zero-order valence-electron chi connectivity index (χ0n) is 9.61. The maximum Gasteiger partial charge on any atom is 0.228 e. The quantitative estimate of drug-likeness (QED) is 0.870. The van der Waals surface area contributed by atoms with Crippen molar-refractivity contribution in [2.75, 3.05) is 13.1 Å². The van der Waals surface area contributed by atoms with Gasteiger partial charge in [0, 0.05) is 18.0 Å². The van der Waals surface area contributed by atoms with Crippen molar-refractivity contribution in [1.82, 2.24) is 4.90 Å². The van der Waals surface area contributed by atoms with Crippen LogP contribution in [0.2, 0.25) is 0 Å². The van der Waals surface area contributed by atoms with Gasteiger partial charge in [0.05, 0.1) is 12.0 Å². The second kappa shape index (κ2) is 4.55. The van der Waals surface area contributed by atoms with Gasteiger partial charge in [0.1, 0.15) is 0 Å². The standard InChI is InChI=1S/C12H18N2OS/c1-12(9-13)5-3-6-14(12)11(15)8-10-4-2-7-16-10/h2,4,7H,3,5-6,8-9,13H2,1H3. The van der Waals surface area contributed by atoms with Crippen LogP contribution < -0.4 is 5.73 Å². The van der Waals surface area contributed by atoms with E-state index in [2.05, 4.69) is 6.92 Å². The second-order valence-electron chi connectivity index (χ2n) is 4.61. The number of rotatable bonds is 3. The van der Waals surface area contributed by atoms with E-state index in [0.717, 1.165) is 24.3 Å². The molecular weight excluding hydrogens is 220 g/mol. The third-order valence-electron chi connectivity index (χ3n) is 3.40. The van der Waals surface area contributed by atoms with E-state index < -0.39 is 0 Å². The van der Waals surface area contributed by atoms with E-state index in [1.807, 2.05) is 22.4 Å². The van der Waals surface area contributed by atoms with Gasteiger partial charge in [-0.3, -0.25) is 4.79 Å². The predicted octanol–water partition coefficient (Wildman–Crippen LogP) is 1.63. The highest BCUT2D eigenvalue weighted by molar-refractivity contribution is 7.10. The fourth-order valence-corrected chi connectivity index (χ4v) is 3.01. The molecule has 2 heterocycles. The van der Waals surface area contributed by atoms with E-state index in [-0.39, 0.29) is 11.4 Å². The van der Waals surface area contributed by atoms with E-state index in [1.54, 1.807) is 11.3 Å². The molecule has 88 valence electrons. The predicted molar refractivity (Wildman–Crippen MR) is 66.4 cm³/mol. The first-order chi connectivity index (χ1) is 7.65. The lowest BCUT2D eigenvalue weighted by Crippen LogP contribution is -2.50. The molecule has 1 aromatic heterocycles. The molecule has 3 nitrogen and oxygen atoms in total. The Morgan fingerprint density at radius 2 is 2.50 bits per heavy atom. The molecule has 1 fully saturated rings. The second-order valence-corrected chi connectivity index (χ2v) is 5.64. The number of amides is 1. The van der Waals surface area contributed by atoms with Crippen LogP contribution in [0.4, 0.5) is 0 Å². The SMILES string of the molecule is CC1(CN)CCCN1C(=O)Cc1cccs1. The molecule has 0 aromatic carbocycles. The Labute approximate surface area is 100 Å². The molecule has 1 amide bonds. The van der Waals surface area contributed by atoms with Crippen molar-refractivity contribution in [3.8, 4) is 0 Å². The molecule has 0 saturated carbocycles. The summed E-state index contributed by atoms with van der Waals surface area (Å²) in [4.78, 5) is 15.3. The molecule has 4 heteroatoms. The number of nitrogens with two attached hydrogens (primary N) is 1. The Morgan fingerprint density at radius 1 is 1.69 bits per heavy atom. The number of hydrogen-bond acceptors (Lipinski definition) is 3. The van der Waals surface area contributed by atoms with E-state index in [9.17, 15) is 4.79 Å². The Bertz CT molecular complexity index is 363. The van der Waals surface area contributed by atoms with Gasteiger partial charge in [-0.1, -0.05) is 6.07 Å². The van der Waals surface area contributed by atoms with E-state index in [1.165, 1.54) is 0 Å². The van der Waals surface area contributed by atoms with Crippen LogP contribution in [-0.2, 0) is 11.2 Å². The van der Waals surface area contributed by atoms with Crippen molar-refractivity contribution in [3.63, 3.8) is 0 Å². The minimum atomic E-state index is -0.117. The molecular formula is C12H18N2OS. The first-order valence-electron chi connectivity index (χ1n) is 5.69. The molecule has 0 spiro atoms. The smallest absolute Gasteiger partial charge is 0.228 e. The van der Waals surface area contributed by atoms with Gasteiger partial charge in [-0.25, -0.2) is 0 Å². The van der Waals surface area contributed by atoms with Crippen LogP contribution >= 0.6 is 11.3 Å². The topological polar surface area (TPSA) is 46.3 Å². The van der Waals surface area contributed by atoms with Crippen LogP contribution in [0, 0.1) is 0 Å². The molecule has 1 saturated heterocycles. The zero-order valence-corrected chi connectivity index (χ0v) is 10.4. The van der Waals surface area contributed by atoms with Crippen LogP contribution in [0.3, 0.4) is 0 Å². The molecule has 1 aliphatic rings. The van der Waals surface area contributed by atoms with Crippen LogP contribution in [0.25, 0.3) is 0 Å². The van der Waals surface area contributed by atoms with Crippen molar-refractivity contribution in [2.24, 2.45) is 5.73 Å². The van der Waals surface area contributed by atoms with E-state index in [4.69, 9.17) is 5.73 Å². The zero-order chi connectivity index (χ0) is 11.6. The molecule has 1 atom stereocenters. The number of hydrogen-bond donors (Lipinski definition) is 1. The summed E-state index contributed by atoms with van der Waals surface area (Å²) in [6.45, 7) is 3.51. The highest BCUT2D eigenvalue weighted by Crippen LogP contribution is 2.28. The van der Waals surface area contributed by atoms with E-state index >= 15 is 0 Å². The van der Waals surface area contributed by atoms with Crippen LogP contribution in [0.1, 0.15) is 24.6 Å². The average Bonchev–Trinajstić information content (AvgIpc) is 2.88. The number of carbonyl (C=O) groups excluding carboxylic acids is 1. The molecule has 1 aliphatic heterocycles. The number of nitrogens with zero attached hydrogens (tertiary/aromatic N) is 1. The molecule has 1 aromatic rings. The summed E-state index contributed by atoms with van der Waals surface area (Å²) in [6.07, 6.45) is 2.62. The fourth-order valence-electron chi connectivity index (χ4n) is 2.32. The van der Waals surface area contributed by atoms with Crippen LogP contribution in [-0.4, -0.2) is 29.4 Å². The molecule has 16 heavy (non-hydrogen) atoms. The Kier molecular flexibility index (Phi) is 3.30. The minimum Gasteiger partial charge on any atom is -0.336 e. The summed E-state index contributed by atoms with van der Waals surface area (Å²) in [5.41, 5.74) is 5.66. The Morgan fingerprint density at radius 3 is 3.12 bits per heavy atom. The van der Waals surface area contributed by atoms with Gasteiger partial charge in [0.2, 0.25) is 5.91 Å². The van der Waals surface area contributed by atoms with Gasteiger partial charge in [-0.05, 0) is 31.2 Å². The van der Waals surface area contributed by atoms with Gasteiger partial charge >= 0.3 is 0 Å². The first kappa shape index (κ1) is 11.6. The lowest BCUT2D eigenvalue weighted by atomic mass is 9.99. The van der Waals surface area contributed by atoms with Crippen molar-refractivity contribution < 1.29 is 4.79 Å². The lowest BCUT2D eigenvalue weighted by molar-refractivity contribution is -0.133. The number of thiophene rings is 1. The summed E-state index contributed by atoms with van der Waals surface area (Å²) in [5, 5.41) is 2.01. The summed E-state index contributed by atoms with van der Waals surface area (Å²) in [7, 11) is 0. The summed E-state index contributed by atoms with van der Waals surface area (Å²) in [5.74, 6) is 0.216. The Hall–Kier alpha value is -0.870.